The molecule has 0 bridgehead atoms. The number of benzene rings is 4. The SMILES string of the molecule is COc1ccc(Cc2nc(-c3ccc4nccnc4c3)c(-c3cccc(C)n3)[nH]2)cc1Cl.Cc1cccc(-c2[nH]c(Cc3ccc(OC(F)(F)F)cc3)nc2-c2ccc3nccnc3c2)n1. The summed E-state index contributed by atoms with van der Waals surface area (Å²) in [6, 6.07) is 34.9. The van der Waals surface area contributed by atoms with Gasteiger partial charge in [0.2, 0.25) is 0 Å². The van der Waals surface area contributed by atoms with Gasteiger partial charge in [-0.3, -0.25) is 29.9 Å². The number of methoxy groups -OCH3 is 1. The first kappa shape index (κ1) is 43.2. The fourth-order valence-electron chi connectivity index (χ4n) is 7.40. The second kappa shape index (κ2) is 18.6. The van der Waals surface area contributed by atoms with Crippen molar-refractivity contribution in [3.8, 4) is 56.8 Å². The average molecular weight is 903 g/mol. The number of rotatable bonds is 10. The summed E-state index contributed by atoms with van der Waals surface area (Å²) in [6.45, 7) is 3.89. The highest BCUT2D eigenvalue weighted by molar-refractivity contribution is 6.32. The Morgan fingerprint density at radius 1 is 0.545 bits per heavy atom. The largest absolute Gasteiger partial charge is 0.573 e. The number of alkyl halides is 3. The maximum Gasteiger partial charge on any atom is 0.573 e. The van der Waals surface area contributed by atoms with Crippen LogP contribution in [-0.2, 0) is 12.8 Å². The van der Waals surface area contributed by atoms with Gasteiger partial charge >= 0.3 is 6.36 Å². The minimum atomic E-state index is -4.72. The lowest BCUT2D eigenvalue weighted by Crippen LogP contribution is -2.17. The predicted octanol–water partition coefficient (Wildman–Crippen LogP) is 11.5. The van der Waals surface area contributed by atoms with Crippen LogP contribution in [0.2, 0.25) is 5.02 Å². The van der Waals surface area contributed by atoms with E-state index in [4.69, 9.17) is 31.3 Å². The minimum Gasteiger partial charge on any atom is -0.495 e. The number of H-pyrrole nitrogens is 2. The third-order valence-corrected chi connectivity index (χ3v) is 10.7. The number of fused-ring (bicyclic) bond motifs is 2. The highest BCUT2D eigenvalue weighted by Crippen LogP contribution is 2.34. The van der Waals surface area contributed by atoms with E-state index >= 15 is 0 Å². The molecule has 10 rings (SSSR count). The number of aromatic nitrogens is 10. The molecule has 6 aromatic heterocycles. The van der Waals surface area contributed by atoms with Crippen LogP contribution in [-0.4, -0.2) is 63.3 Å². The zero-order valence-corrected chi connectivity index (χ0v) is 36.4. The van der Waals surface area contributed by atoms with Crippen molar-refractivity contribution in [2.75, 3.05) is 7.11 Å². The molecular weight excluding hydrogens is 865 g/mol. The normalized spacial score (nSPS) is 11.4. The number of pyridine rings is 2. The number of nitrogens with one attached hydrogen (secondary N) is 2. The zero-order chi connectivity index (χ0) is 45.8. The molecule has 0 spiro atoms. The maximum atomic E-state index is 12.4. The summed E-state index contributed by atoms with van der Waals surface area (Å²) in [5.74, 6) is 1.85. The van der Waals surface area contributed by atoms with Gasteiger partial charge in [0.15, 0.2) is 0 Å². The van der Waals surface area contributed by atoms with Crippen molar-refractivity contribution in [3.05, 3.63) is 179 Å². The van der Waals surface area contributed by atoms with E-state index in [1.807, 2.05) is 105 Å². The number of aryl methyl sites for hydroxylation is 2. The van der Waals surface area contributed by atoms with Gasteiger partial charge in [0.25, 0.3) is 0 Å². The molecule has 10 aromatic rings. The molecule has 0 saturated carbocycles. The fraction of sp³-hybridized carbons (Fsp3) is 0.120. The van der Waals surface area contributed by atoms with E-state index < -0.39 is 6.36 Å². The van der Waals surface area contributed by atoms with Crippen LogP contribution < -0.4 is 9.47 Å². The summed E-state index contributed by atoms with van der Waals surface area (Å²) in [7, 11) is 1.61. The Morgan fingerprint density at radius 3 is 1.50 bits per heavy atom. The molecule has 66 heavy (non-hydrogen) atoms. The van der Waals surface area contributed by atoms with Crippen molar-refractivity contribution in [1.29, 1.82) is 0 Å². The molecule has 16 heteroatoms. The Bertz CT molecular complexity index is 3340. The minimum absolute atomic E-state index is 0.265. The number of imidazole rings is 2. The predicted molar refractivity (Wildman–Crippen MR) is 247 cm³/mol. The smallest absolute Gasteiger partial charge is 0.495 e. The fourth-order valence-corrected chi connectivity index (χ4v) is 7.68. The summed E-state index contributed by atoms with van der Waals surface area (Å²) < 4.78 is 46.5. The second-order valence-corrected chi connectivity index (χ2v) is 15.6. The number of aromatic amines is 2. The lowest BCUT2D eigenvalue weighted by molar-refractivity contribution is -0.274. The molecule has 12 nitrogen and oxygen atoms in total. The van der Waals surface area contributed by atoms with E-state index in [0.29, 0.717) is 35.1 Å². The van der Waals surface area contributed by atoms with E-state index in [-0.39, 0.29) is 5.75 Å². The van der Waals surface area contributed by atoms with Gasteiger partial charge in [-0.1, -0.05) is 54.1 Å². The topological polar surface area (TPSA) is 153 Å². The highest BCUT2D eigenvalue weighted by atomic mass is 35.5. The monoisotopic (exact) mass is 902 g/mol. The molecule has 0 atom stereocenters. The van der Waals surface area contributed by atoms with E-state index in [9.17, 15) is 13.2 Å². The number of ether oxygens (including phenoxy) is 2. The second-order valence-electron chi connectivity index (χ2n) is 15.2. The molecule has 0 amide bonds. The first-order valence-electron chi connectivity index (χ1n) is 20.6. The zero-order valence-electron chi connectivity index (χ0n) is 35.6. The number of hydrogen-bond donors (Lipinski definition) is 2. The Morgan fingerprint density at radius 2 is 1.03 bits per heavy atom. The van der Waals surface area contributed by atoms with Crippen LogP contribution in [0.4, 0.5) is 13.2 Å². The summed E-state index contributed by atoms with van der Waals surface area (Å²) >= 11 is 6.32. The first-order chi connectivity index (χ1) is 31.9. The van der Waals surface area contributed by atoms with Gasteiger partial charge in [-0.05, 0) is 97.8 Å². The standard InChI is InChI=1S/C25H20ClN5O.C25H18F3N5O/c1-15-4-3-5-20(29-15)25-24(17-7-8-19-21(14-17)28-11-10-27-19)30-23(31-25)13-16-6-9-22(32-2)18(26)12-16;1-15-3-2-4-20(31-15)24-23(17-7-10-19-21(14-17)30-12-11-29-19)32-22(33-24)13-16-5-8-18(9-6-16)34-25(26,27)28/h3-12,14H,13H2,1-2H3,(H,30,31);2-12,14H,13H2,1H3,(H,32,33). The van der Waals surface area contributed by atoms with Gasteiger partial charge in [-0.15, -0.1) is 13.2 Å². The lowest BCUT2D eigenvalue weighted by Gasteiger charge is -2.08. The van der Waals surface area contributed by atoms with Crippen LogP contribution in [0.3, 0.4) is 0 Å². The van der Waals surface area contributed by atoms with Crippen LogP contribution in [0.15, 0.2) is 140 Å². The van der Waals surface area contributed by atoms with Crippen LogP contribution in [0.25, 0.3) is 67.4 Å². The van der Waals surface area contributed by atoms with Crippen molar-refractivity contribution >= 4 is 33.7 Å². The van der Waals surface area contributed by atoms with E-state index in [2.05, 4.69) is 39.6 Å². The average Bonchev–Trinajstić information content (AvgIpc) is 3.94. The van der Waals surface area contributed by atoms with Gasteiger partial charge in [0.05, 0.1) is 68.4 Å². The van der Waals surface area contributed by atoms with Crippen LogP contribution in [0, 0.1) is 13.8 Å². The van der Waals surface area contributed by atoms with Gasteiger partial charge in [0.1, 0.15) is 23.1 Å². The molecule has 6 heterocycles. The molecule has 0 saturated heterocycles. The van der Waals surface area contributed by atoms with Crippen LogP contribution in [0.1, 0.15) is 34.2 Å². The molecule has 2 N–H and O–H groups in total. The van der Waals surface area contributed by atoms with Crippen molar-refractivity contribution in [2.24, 2.45) is 0 Å². The molecule has 0 aliphatic carbocycles. The Balaban J connectivity index is 0.000000166. The van der Waals surface area contributed by atoms with Crippen molar-refractivity contribution < 1.29 is 22.6 Å². The number of nitrogens with zero attached hydrogens (tertiary/aromatic N) is 8. The third-order valence-electron chi connectivity index (χ3n) is 10.4. The Labute approximate surface area is 381 Å². The maximum absolute atomic E-state index is 12.4. The molecule has 0 unspecified atom stereocenters. The summed E-state index contributed by atoms with van der Waals surface area (Å²) in [5.41, 5.74) is 13.3. The molecule has 0 fully saturated rings. The Kier molecular flexibility index (Phi) is 12.2. The Hall–Kier alpha value is -8.04. The van der Waals surface area contributed by atoms with Crippen LogP contribution >= 0.6 is 11.6 Å². The molecule has 0 aliphatic heterocycles. The summed E-state index contributed by atoms with van der Waals surface area (Å²) in [4.78, 5) is 43.4. The lowest BCUT2D eigenvalue weighted by atomic mass is 10.1. The molecule has 0 aliphatic rings. The third kappa shape index (κ3) is 10.0. The van der Waals surface area contributed by atoms with Gasteiger partial charge in [-0.2, -0.15) is 0 Å². The summed E-state index contributed by atoms with van der Waals surface area (Å²) in [5, 5.41) is 0.574. The van der Waals surface area contributed by atoms with Crippen molar-refractivity contribution in [2.45, 2.75) is 33.1 Å². The number of halogens is 4. The van der Waals surface area contributed by atoms with Gasteiger partial charge in [0, 0.05) is 60.1 Å². The van der Waals surface area contributed by atoms with E-state index in [0.717, 1.165) is 90.0 Å². The molecular formula is C50H38ClF3N10O2. The van der Waals surface area contributed by atoms with E-state index in [1.54, 1.807) is 44.0 Å². The van der Waals surface area contributed by atoms with E-state index in [1.165, 1.54) is 12.1 Å². The van der Waals surface area contributed by atoms with Gasteiger partial charge in [-0.25, -0.2) is 9.97 Å². The first-order valence-corrected chi connectivity index (χ1v) is 21.0. The van der Waals surface area contributed by atoms with Gasteiger partial charge < -0.3 is 19.4 Å². The molecule has 328 valence electrons. The summed E-state index contributed by atoms with van der Waals surface area (Å²) in [6.07, 6.45) is 2.92. The molecule has 4 aromatic carbocycles. The number of hydrogen-bond acceptors (Lipinski definition) is 10. The van der Waals surface area contributed by atoms with Crippen molar-refractivity contribution in [1.82, 2.24) is 49.8 Å². The highest BCUT2D eigenvalue weighted by Gasteiger charge is 2.31. The quantitative estimate of drug-likeness (QED) is 0.136. The van der Waals surface area contributed by atoms with Crippen LogP contribution in [0.5, 0.6) is 11.5 Å². The molecule has 0 radical (unpaired) electrons. The van der Waals surface area contributed by atoms with Crippen molar-refractivity contribution in [3.63, 3.8) is 0 Å².